The molecule has 0 unspecified atom stereocenters. The summed E-state index contributed by atoms with van der Waals surface area (Å²) in [7, 11) is 0. The molecule has 0 aliphatic heterocycles. The average Bonchev–Trinajstić information content (AvgIpc) is 2.70. The number of ether oxygens (including phenoxy) is 2. The van der Waals surface area contributed by atoms with Gasteiger partial charge in [0.15, 0.2) is 11.5 Å². The Morgan fingerprint density at radius 2 is 1.69 bits per heavy atom. The van der Waals surface area contributed by atoms with Crippen LogP contribution in [-0.2, 0) is 13.2 Å². The van der Waals surface area contributed by atoms with Crippen LogP contribution in [0.4, 0.5) is 0 Å². The Labute approximate surface area is 192 Å². The smallest absolute Gasteiger partial charge is 0.162 e. The SMILES string of the molecule is CCOc1cc(CNCCN(CC)CC)c(Br)cc1OCc1ccc(Cl)cc1Cl. The van der Waals surface area contributed by atoms with E-state index in [4.69, 9.17) is 32.7 Å². The topological polar surface area (TPSA) is 33.7 Å². The van der Waals surface area contributed by atoms with E-state index in [1.54, 1.807) is 12.1 Å². The van der Waals surface area contributed by atoms with E-state index in [9.17, 15) is 0 Å². The molecule has 2 rings (SSSR count). The van der Waals surface area contributed by atoms with Crippen molar-refractivity contribution >= 4 is 39.1 Å². The molecule has 0 aliphatic rings. The minimum absolute atomic E-state index is 0.337. The van der Waals surface area contributed by atoms with Crippen LogP contribution in [0.1, 0.15) is 31.9 Å². The highest BCUT2D eigenvalue weighted by Gasteiger charge is 2.12. The number of nitrogens with one attached hydrogen (secondary N) is 1. The molecule has 0 bridgehead atoms. The Morgan fingerprint density at radius 3 is 2.34 bits per heavy atom. The van der Waals surface area contributed by atoms with Gasteiger partial charge < -0.3 is 19.7 Å². The minimum atomic E-state index is 0.337. The lowest BCUT2D eigenvalue weighted by molar-refractivity contribution is 0.269. The molecule has 7 heteroatoms. The normalized spacial score (nSPS) is 11.1. The number of likely N-dealkylation sites (N-methyl/N-ethyl adjacent to an activating group) is 1. The van der Waals surface area contributed by atoms with Gasteiger partial charge in [0.2, 0.25) is 0 Å². The van der Waals surface area contributed by atoms with Gasteiger partial charge in [-0.2, -0.15) is 0 Å². The number of hydrogen-bond donors (Lipinski definition) is 1. The van der Waals surface area contributed by atoms with E-state index >= 15 is 0 Å². The van der Waals surface area contributed by atoms with Crippen molar-refractivity contribution in [2.45, 2.75) is 33.9 Å². The third-order valence-electron chi connectivity index (χ3n) is 4.63. The molecule has 0 aromatic heterocycles. The van der Waals surface area contributed by atoms with E-state index in [2.05, 4.69) is 40.0 Å². The summed E-state index contributed by atoms with van der Waals surface area (Å²) in [5.41, 5.74) is 2.00. The van der Waals surface area contributed by atoms with Gasteiger partial charge in [-0.15, -0.1) is 0 Å². The second kappa shape index (κ2) is 12.7. The highest BCUT2D eigenvalue weighted by molar-refractivity contribution is 9.10. The molecular formula is C22H29BrCl2N2O2. The molecule has 0 saturated carbocycles. The lowest BCUT2D eigenvalue weighted by atomic mass is 10.2. The molecular weight excluding hydrogens is 475 g/mol. The van der Waals surface area contributed by atoms with Gasteiger partial charge in [0.05, 0.1) is 6.61 Å². The third-order valence-corrected chi connectivity index (χ3v) is 5.95. The second-order valence-electron chi connectivity index (χ2n) is 6.55. The van der Waals surface area contributed by atoms with E-state index in [0.717, 1.165) is 54.1 Å². The fourth-order valence-corrected chi connectivity index (χ4v) is 3.81. The summed E-state index contributed by atoms with van der Waals surface area (Å²) < 4.78 is 12.8. The number of nitrogens with zero attached hydrogens (tertiary/aromatic N) is 1. The lowest BCUT2D eigenvalue weighted by Gasteiger charge is -2.19. The quantitative estimate of drug-likeness (QED) is 0.351. The van der Waals surface area contributed by atoms with Crippen molar-refractivity contribution in [2.75, 3.05) is 32.8 Å². The zero-order valence-electron chi connectivity index (χ0n) is 17.2. The summed E-state index contributed by atoms with van der Waals surface area (Å²) in [6, 6.07) is 9.37. The van der Waals surface area contributed by atoms with Gasteiger partial charge >= 0.3 is 0 Å². The summed E-state index contributed by atoms with van der Waals surface area (Å²) in [4.78, 5) is 2.40. The molecule has 1 N–H and O–H groups in total. The molecule has 2 aromatic carbocycles. The molecule has 0 saturated heterocycles. The number of halogens is 3. The first kappa shape index (κ1) is 24.3. The molecule has 0 spiro atoms. The van der Waals surface area contributed by atoms with Gasteiger partial charge in [0, 0.05) is 39.7 Å². The van der Waals surface area contributed by atoms with Crippen molar-refractivity contribution in [3.05, 3.63) is 56.0 Å². The van der Waals surface area contributed by atoms with Crippen LogP contribution in [0.15, 0.2) is 34.8 Å². The van der Waals surface area contributed by atoms with Gasteiger partial charge in [-0.05, 0) is 49.8 Å². The third kappa shape index (κ3) is 7.65. The van der Waals surface area contributed by atoms with Crippen LogP contribution in [0.25, 0.3) is 0 Å². The van der Waals surface area contributed by atoms with Crippen LogP contribution in [0.5, 0.6) is 11.5 Å². The van der Waals surface area contributed by atoms with Crippen molar-refractivity contribution in [1.29, 1.82) is 0 Å². The molecule has 2 aromatic rings. The van der Waals surface area contributed by atoms with Crippen molar-refractivity contribution in [3.8, 4) is 11.5 Å². The fourth-order valence-electron chi connectivity index (χ4n) is 2.89. The molecule has 0 atom stereocenters. The Kier molecular flexibility index (Phi) is 10.6. The number of rotatable bonds is 12. The fraction of sp³-hybridized carbons (Fsp3) is 0.455. The zero-order valence-corrected chi connectivity index (χ0v) is 20.3. The summed E-state index contributed by atoms with van der Waals surface area (Å²) in [6.07, 6.45) is 0. The standard InChI is InChI=1S/C22H29BrCl2N2O2/c1-4-27(5-2)10-9-26-14-17-11-21(28-6-3)22(13-19(17)23)29-15-16-7-8-18(24)12-20(16)25/h7-8,11-13,26H,4-6,9-10,14-15H2,1-3H3. The van der Waals surface area contributed by atoms with Gasteiger partial charge in [-0.3, -0.25) is 0 Å². The maximum absolute atomic E-state index is 6.25. The van der Waals surface area contributed by atoms with E-state index in [1.165, 1.54) is 0 Å². The van der Waals surface area contributed by atoms with Crippen molar-refractivity contribution in [3.63, 3.8) is 0 Å². The van der Waals surface area contributed by atoms with Crippen LogP contribution in [0.3, 0.4) is 0 Å². The van der Waals surface area contributed by atoms with Gasteiger partial charge in [-0.1, -0.05) is 59.0 Å². The molecule has 0 heterocycles. The van der Waals surface area contributed by atoms with Crippen LogP contribution in [0.2, 0.25) is 10.0 Å². The van der Waals surface area contributed by atoms with E-state index < -0.39 is 0 Å². The highest BCUT2D eigenvalue weighted by atomic mass is 79.9. The summed E-state index contributed by atoms with van der Waals surface area (Å²) in [5, 5.41) is 4.70. The maximum atomic E-state index is 6.25. The number of hydrogen-bond acceptors (Lipinski definition) is 4. The second-order valence-corrected chi connectivity index (χ2v) is 8.25. The highest BCUT2D eigenvalue weighted by Crippen LogP contribution is 2.35. The lowest BCUT2D eigenvalue weighted by Crippen LogP contribution is -2.31. The molecule has 160 valence electrons. The van der Waals surface area contributed by atoms with E-state index in [-0.39, 0.29) is 0 Å². The number of benzene rings is 2. The van der Waals surface area contributed by atoms with Crippen molar-refractivity contribution in [1.82, 2.24) is 10.2 Å². The largest absolute Gasteiger partial charge is 0.490 e. The Hall–Kier alpha value is -0.980. The Balaban J connectivity index is 2.04. The zero-order chi connectivity index (χ0) is 21.2. The van der Waals surface area contributed by atoms with Gasteiger partial charge in [-0.25, -0.2) is 0 Å². The Morgan fingerprint density at radius 1 is 0.966 bits per heavy atom. The van der Waals surface area contributed by atoms with Crippen LogP contribution in [0, 0.1) is 0 Å². The van der Waals surface area contributed by atoms with E-state index in [1.807, 2.05) is 25.1 Å². The first-order valence-electron chi connectivity index (χ1n) is 9.93. The van der Waals surface area contributed by atoms with Crippen molar-refractivity contribution < 1.29 is 9.47 Å². The minimum Gasteiger partial charge on any atom is -0.490 e. The maximum Gasteiger partial charge on any atom is 0.162 e. The molecule has 4 nitrogen and oxygen atoms in total. The first-order chi connectivity index (χ1) is 14.0. The molecule has 0 amide bonds. The molecule has 0 fully saturated rings. The Bertz CT molecular complexity index is 786. The predicted molar refractivity (Wildman–Crippen MR) is 126 cm³/mol. The summed E-state index contributed by atoms with van der Waals surface area (Å²) >= 11 is 15.9. The molecule has 29 heavy (non-hydrogen) atoms. The average molecular weight is 504 g/mol. The first-order valence-corrected chi connectivity index (χ1v) is 11.5. The van der Waals surface area contributed by atoms with Crippen LogP contribution >= 0.6 is 39.1 Å². The van der Waals surface area contributed by atoms with Gasteiger partial charge in [0.1, 0.15) is 6.61 Å². The molecule has 0 aliphatic carbocycles. The van der Waals surface area contributed by atoms with E-state index in [0.29, 0.717) is 29.0 Å². The van der Waals surface area contributed by atoms with Crippen LogP contribution in [-0.4, -0.2) is 37.7 Å². The monoisotopic (exact) mass is 502 g/mol. The summed E-state index contributed by atoms with van der Waals surface area (Å²) in [6.45, 7) is 12.1. The van der Waals surface area contributed by atoms with Crippen LogP contribution < -0.4 is 14.8 Å². The predicted octanol–water partition coefficient (Wildman–Crippen LogP) is 6.17. The summed E-state index contributed by atoms with van der Waals surface area (Å²) in [5.74, 6) is 1.40. The molecule has 0 radical (unpaired) electrons. The van der Waals surface area contributed by atoms with Crippen molar-refractivity contribution in [2.24, 2.45) is 0 Å². The van der Waals surface area contributed by atoms with Gasteiger partial charge in [0.25, 0.3) is 0 Å².